The van der Waals surface area contributed by atoms with Gasteiger partial charge in [0.05, 0.1) is 18.7 Å². The summed E-state index contributed by atoms with van der Waals surface area (Å²) in [6, 6.07) is 24.4. The molecule has 0 saturated carbocycles. The van der Waals surface area contributed by atoms with Crippen LogP contribution in [-0.4, -0.2) is 35.3 Å². The predicted octanol–water partition coefficient (Wildman–Crippen LogP) is 5.15. The molecule has 0 aliphatic carbocycles. The van der Waals surface area contributed by atoms with Gasteiger partial charge in [-0.3, -0.25) is 0 Å². The molecular formula is C27H28N2O3. The molecule has 3 atom stereocenters. The van der Waals surface area contributed by atoms with Crippen LogP contribution in [0.5, 0.6) is 0 Å². The van der Waals surface area contributed by atoms with Crippen molar-refractivity contribution in [2.24, 2.45) is 5.92 Å². The Labute approximate surface area is 188 Å². The van der Waals surface area contributed by atoms with Crippen molar-refractivity contribution in [3.63, 3.8) is 0 Å². The summed E-state index contributed by atoms with van der Waals surface area (Å²) in [5.41, 5.74) is 6.53. The Morgan fingerprint density at radius 2 is 1.81 bits per heavy atom. The third kappa shape index (κ3) is 3.84. The Hall–Kier alpha value is -3.31. The molecule has 3 aromatic carbocycles. The molecule has 0 bridgehead atoms. The lowest BCUT2D eigenvalue weighted by molar-refractivity contribution is 0.0845. The summed E-state index contributed by atoms with van der Waals surface area (Å²) in [4.78, 5) is 14.9. The summed E-state index contributed by atoms with van der Waals surface area (Å²) in [6.45, 7) is 2.99. The van der Waals surface area contributed by atoms with Gasteiger partial charge in [0, 0.05) is 18.2 Å². The average molecular weight is 429 g/mol. The lowest BCUT2D eigenvalue weighted by Gasteiger charge is -2.39. The van der Waals surface area contributed by atoms with Crippen LogP contribution in [0.2, 0.25) is 0 Å². The largest absolute Gasteiger partial charge is 0.445 e. The van der Waals surface area contributed by atoms with Crippen molar-refractivity contribution in [2.45, 2.75) is 32.0 Å². The first-order chi connectivity index (χ1) is 15.6. The fraction of sp³-hybridized carbons (Fsp3) is 0.296. The molecule has 0 unspecified atom stereocenters. The van der Waals surface area contributed by atoms with Crippen molar-refractivity contribution >= 4 is 11.8 Å². The van der Waals surface area contributed by atoms with E-state index in [0.717, 1.165) is 34.4 Å². The maximum Gasteiger partial charge on any atom is 0.410 e. The second-order valence-electron chi connectivity index (χ2n) is 8.73. The highest BCUT2D eigenvalue weighted by molar-refractivity contribution is 5.74. The number of nitrogens with zero attached hydrogens (tertiary/aromatic N) is 1. The molecule has 2 heterocycles. The van der Waals surface area contributed by atoms with E-state index in [2.05, 4.69) is 54.7 Å². The Morgan fingerprint density at radius 3 is 2.56 bits per heavy atom. The van der Waals surface area contributed by atoms with E-state index in [1.807, 2.05) is 35.2 Å². The van der Waals surface area contributed by atoms with E-state index < -0.39 is 0 Å². The molecule has 0 aromatic heterocycles. The van der Waals surface area contributed by atoms with Gasteiger partial charge in [-0.2, -0.15) is 0 Å². The Kier molecular flexibility index (Phi) is 5.58. The molecule has 1 fully saturated rings. The maximum atomic E-state index is 13.1. The maximum absolute atomic E-state index is 13.1. The van der Waals surface area contributed by atoms with E-state index in [1.165, 1.54) is 5.56 Å². The lowest BCUT2D eigenvalue weighted by Crippen LogP contribution is -2.43. The summed E-state index contributed by atoms with van der Waals surface area (Å²) in [5, 5.41) is 13.5. The molecule has 5 rings (SSSR count). The standard InChI is InChI=1S/C27H28N2O3/c1-18-7-9-20(10-8-18)21-11-12-24-23(15-21)26-22(25(16-30)28-24)13-14-29(26)27(31)32-17-19-5-3-2-4-6-19/h2-12,15,22,25-26,28,30H,13-14,16-17H2,1H3/t22-,25-,26-/m1/s1. The first kappa shape index (κ1) is 20.6. The summed E-state index contributed by atoms with van der Waals surface area (Å²) in [6.07, 6.45) is 0.531. The number of fused-ring (bicyclic) bond motifs is 3. The van der Waals surface area contributed by atoms with Crippen molar-refractivity contribution < 1.29 is 14.6 Å². The molecule has 0 spiro atoms. The van der Waals surface area contributed by atoms with Gasteiger partial charge in [-0.05, 0) is 47.7 Å². The third-order valence-corrected chi connectivity index (χ3v) is 6.69. The number of amides is 1. The van der Waals surface area contributed by atoms with Crippen LogP contribution in [0.25, 0.3) is 11.1 Å². The first-order valence-electron chi connectivity index (χ1n) is 11.2. The zero-order valence-electron chi connectivity index (χ0n) is 18.2. The third-order valence-electron chi connectivity index (χ3n) is 6.69. The molecule has 5 nitrogen and oxygen atoms in total. The number of rotatable bonds is 4. The minimum Gasteiger partial charge on any atom is -0.445 e. The van der Waals surface area contributed by atoms with Crippen LogP contribution in [-0.2, 0) is 11.3 Å². The number of nitrogens with one attached hydrogen (secondary N) is 1. The van der Waals surface area contributed by atoms with Gasteiger partial charge in [-0.25, -0.2) is 4.79 Å². The highest BCUT2D eigenvalue weighted by Gasteiger charge is 2.46. The summed E-state index contributed by atoms with van der Waals surface area (Å²) >= 11 is 0. The second-order valence-corrected chi connectivity index (χ2v) is 8.73. The van der Waals surface area contributed by atoms with Gasteiger partial charge < -0.3 is 20.1 Å². The highest BCUT2D eigenvalue weighted by atomic mass is 16.6. The summed E-state index contributed by atoms with van der Waals surface area (Å²) in [5.74, 6) is 0.144. The van der Waals surface area contributed by atoms with Crippen molar-refractivity contribution in [1.82, 2.24) is 4.90 Å². The molecule has 1 amide bonds. The van der Waals surface area contributed by atoms with Crippen molar-refractivity contribution in [1.29, 1.82) is 0 Å². The Balaban J connectivity index is 1.45. The summed E-state index contributed by atoms with van der Waals surface area (Å²) in [7, 11) is 0. The van der Waals surface area contributed by atoms with Gasteiger partial charge in [0.15, 0.2) is 0 Å². The van der Waals surface area contributed by atoms with Gasteiger partial charge in [0.1, 0.15) is 6.61 Å². The average Bonchev–Trinajstić information content (AvgIpc) is 3.29. The van der Waals surface area contributed by atoms with Crippen LogP contribution in [0.1, 0.15) is 29.2 Å². The molecule has 32 heavy (non-hydrogen) atoms. The zero-order chi connectivity index (χ0) is 22.1. The molecule has 2 aliphatic heterocycles. The molecular weight excluding hydrogens is 400 g/mol. The minimum absolute atomic E-state index is 0.0349. The van der Waals surface area contributed by atoms with Crippen LogP contribution in [0.15, 0.2) is 72.8 Å². The van der Waals surface area contributed by atoms with Crippen molar-refractivity contribution in [2.75, 3.05) is 18.5 Å². The van der Waals surface area contributed by atoms with Crippen LogP contribution in [0.4, 0.5) is 10.5 Å². The number of anilines is 1. The van der Waals surface area contributed by atoms with E-state index >= 15 is 0 Å². The first-order valence-corrected chi connectivity index (χ1v) is 11.2. The summed E-state index contributed by atoms with van der Waals surface area (Å²) < 4.78 is 5.68. The van der Waals surface area contributed by atoms with E-state index in [-0.39, 0.29) is 37.3 Å². The number of aliphatic hydroxyl groups excluding tert-OH is 1. The number of hydrogen-bond acceptors (Lipinski definition) is 4. The van der Waals surface area contributed by atoms with Crippen molar-refractivity contribution in [3.05, 3.63) is 89.5 Å². The van der Waals surface area contributed by atoms with Gasteiger partial charge >= 0.3 is 6.09 Å². The number of benzene rings is 3. The zero-order valence-corrected chi connectivity index (χ0v) is 18.2. The smallest absolute Gasteiger partial charge is 0.410 e. The fourth-order valence-electron chi connectivity index (χ4n) is 5.00. The predicted molar refractivity (Wildman–Crippen MR) is 125 cm³/mol. The molecule has 2 N–H and O–H groups in total. The molecule has 3 aromatic rings. The van der Waals surface area contributed by atoms with Crippen LogP contribution in [0, 0.1) is 12.8 Å². The van der Waals surface area contributed by atoms with Gasteiger partial charge in [-0.1, -0.05) is 66.2 Å². The second kappa shape index (κ2) is 8.67. The molecule has 2 aliphatic rings. The Bertz CT molecular complexity index is 1100. The Morgan fingerprint density at radius 1 is 1.06 bits per heavy atom. The highest BCUT2D eigenvalue weighted by Crippen LogP contribution is 2.47. The topological polar surface area (TPSA) is 61.8 Å². The quantitative estimate of drug-likeness (QED) is 0.603. The van der Waals surface area contributed by atoms with Crippen LogP contribution in [0.3, 0.4) is 0 Å². The number of hydrogen-bond donors (Lipinski definition) is 2. The lowest BCUT2D eigenvalue weighted by atomic mass is 9.82. The van der Waals surface area contributed by atoms with Crippen LogP contribution < -0.4 is 5.32 Å². The van der Waals surface area contributed by atoms with Crippen molar-refractivity contribution in [3.8, 4) is 11.1 Å². The number of carbonyl (C=O) groups is 1. The van der Waals surface area contributed by atoms with E-state index in [9.17, 15) is 9.90 Å². The minimum atomic E-state index is -0.299. The number of aryl methyl sites for hydroxylation is 1. The van der Waals surface area contributed by atoms with E-state index in [1.54, 1.807) is 0 Å². The van der Waals surface area contributed by atoms with E-state index in [0.29, 0.717) is 6.54 Å². The number of ether oxygens (including phenoxy) is 1. The number of likely N-dealkylation sites (tertiary alicyclic amines) is 1. The number of aliphatic hydroxyl groups is 1. The fourth-order valence-corrected chi connectivity index (χ4v) is 5.00. The van der Waals surface area contributed by atoms with E-state index in [4.69, 9.17) is 4.74 Å². The molecule has 5 heteroatoms. The number of carbonyl (C=O) groups excluding carboxylic acids is 1. The molecule has 0 radical (unpaired) electrons. The van der Waals surface area contributed by atoms with Gasteiger partial charge in [-0.15, -0.1) is 0 Å². The van der Waals surface area contributed by atoms with Crippen LogP contribution >= 0.6 is 0 Å². The normalized spacial score (nSPS) is 21.4. The van der Waals surface area contributed by atoms with Gasteiger partial charge in [0.2, 0.25) is 0 Å². The monoisotopic (exact) mass is 428 g/mol. The molecule has 1 saturated heterocycles. The van der Waals surface area contributed by atoms with Gasteiger partial charge in [0.25, 0.3) is 0 Å². The molecule has 164 valence electrons. The SMILES string of the molecule is Cc1ccc(-c2ccc3c(c2)[C@H]2[C@H](CCN2C(=O)OCc2ccccc2)[C@@H](CO)N3)cc1.